The van der Waals surface area contributed by atoms with Crippen LogP contribution in [0.4, 0.5) is 0 Å². The Kier molecular flexibility index (Phi) is 7.03. The van der Waals surface area contributed by atoms with Crippen molar-refractivity contribution in [2.24, 2.45) is 11.7 Å². The van der Waals surface area contributed by atoms with Gasteiger partial charge in [-0.25, -0.2) is 0 Å². The van der Waals surface area contributed by atoms with Gasteiger partial charge in [-0.15, -0.1) is 0 Å². The zero-order valence-corrected chi connectivity index (χ0v) is 17.7. The van der Waals surface area contributed by atoms with Gasteiger partial charge in [-0.05, 0) is 24.6 Å². The van der Waals surface area contributed by atoms with Crippen LogP contribution in [0.2, 0.25) is 10.0 Å². The van der Waals surface area contributed by atoms with Crippen molar-refractivity contribution < 1.29 is 14.3 Å². The molecule has 29 heavy (non-hydrogen) atoms. The molecule has 0 saturated carbocycles. The molecule has 1 aliphatic rings. The molecule has 0 bridgehead atoms. The van der Waals surface area contributed by atoms with Crippen molar-refractivity contribution in [3.8, 4) is 5.75 Å². The zero-order chi connectivity index (χ0) is 21.0. The number of likely N-dealkylation sites (tertiary alicyclic amines) is 1. The van der Waals surface area contributed by atoms with E-state index in [1.165, 1.54) is 0 Å². The summed E-state index contributed by atoms with van der Waals surface area (Å²) in [4.78, 5) is 26.2. The fourth-order valence-corrected chi connectivity index (χ4v) is 3.97. The molecule has 0 radical (unpaired) electrons. The Bertz CT molecular complexity index is 886. The molecular weight excluding hydrogens is 415 g/mol. The number of aryl methyl sites for hydroxylation is 1. The highest BCUT2D eigenvalue weighted by molar-refractivity contribution is 6.33. The fourth-order valence-electron chi connectivity index (χ4n) is 3.56. The van der Waals surface area contributed by atoms with Gasteiger partial charge in [-0.2, -0.15) is 5.10 Å². The minimum atomic E-state index is -0.436. The first-order valence-corrected chi connectivity index (χ1v) is 10.4. The van der Waals surface area contributed by atoms with Crippen LogP contribution in [0.25, 0.3) is 0 Å². The number of aromatic nitrogens is 2. The molecule has 3 rings (SSSR count). The maximum absolute atomic E-state index is 13.0. The molecule has 0 spiro atoms. The van der Waals surface area contributed by atoms with Crippen molar-refractivity contribution in [2.45, 2.75) is 38.8 Å². The molecule has 1 aliphatic heterocycles. The molecule has 2 atom stereocenters. The number of nitrogens with two attached hydrogens (primary N) is 1. The van der Waals surface area contributed by atoms with Gasteiger partial charge in [0.25, 0.3) is 5.91 Å². The van der Waals surface area contributed by atoms with Gasteiger partial charge in [0.05, 0.1) is 5.02 Å². The molecule has 1 fully saturated rings. The summed E-state index contributed by atoms with van der Waals surface area (Å²) >= 11 is 12.3. The maximum atomic E-state index is 13.0. The third-order valence-corrected chi connectivity index (χ3v) is 5.38. The zero-order valence-electron chi connectivity index (χ0n) is 16.2. The van der Waals surface area contributed by atoms with E-state index < -0.39 is 5.91 Å². The summed E-state index contributed by atoms with van der Waals surface area (Å²) in [6.07, 6.45) is 2.97. The van der Waals surface area contributed by atoms with Crippen molar-refractivity contribution >= 4 is 35.0 Å². The summed E-state index contributed by atoms with van der Waals surface area (Å²) in [6.45, 7) is 3.52. The van der Waals surface area contributed by atoms with Crippen LogP contribution in [0.1, 0.15) is 36.7 Å². The average Bonchev–Trinajstić information content (AvgIpc) is 3.03. The van der Waals surface area contributed by atoms with Crippen LogP contribution in [0, 0.1) is 5.92 Å². The van der Waals surface area contributed by atoms with E-state index in [1.807, 2.05) is 13.0 Å². The van der Waals surface area contributed by atoms with Crippen molar-refractivity contribution in [1.82, 2.24) is 14.7 Å². The van der Waals surface area contributed by atoms with E-state index in [2.05, 4.69) is 5.10 Å². The van der Waals surface area contributed by atoms with Crippen LogP contribution in [0.5, 0.6) is 5.75 Å². The van der Waals surface area contributed by atoms with Gasteiger partial charge in [-0.1, -0.05) is 36.2 Å². The molecule has 156 valence electrons. The number of rotatable bonds is 7. The minimum Gasteiger partial charge on any atom is -0.490 e. The third-order valence-electron chi connectivity index (χ3n) is 4.87. The first-order valence-electron chi connectivity index (χ1n) is 9.60. The minimum absolute atomic E-state index is 0.118. The molecule has 1 saturated heterocycles. The number of nitrogens with zero attached hydrogens (tertiary/aromatic N) is 3. The number of ether oxygens (including phenoxy) is 1. The van der Waals surface area contributed by atoms with Gasteiger partial charge in [0.2, 0.25) is 5.91 Å². The Labute approximate surface area is 179 Å². The summed E-state index contributed by atoms with van der Waals surface area (Å²) < 4.78 is 7.74. The number of halogens is 2. The van der Waals surface area contributed by atoms with Crippen LogP contribution in [-0.4, -0.2) is 45.7 Å². The van der Waals surface area contributed by atoms with Crippen LogP contribution in [0.3, 0.4) is 0 Å². The van der Waals surface area contributed by atoms with Gasteiger partial charge in [0.1, 0.15) is 11.9 Å². The normalized spacial score (nSPS) is 19.2. The molecule has 2 amide bonds. The van der Waals surface area contributed by atoms with Crippen LogP contribution in [0.15, 0.2) is 30.5 Å². The molecule has 0 aliphatic carbocycles. The molecule has 1 aromatic heterocycles. The number of carbonyl (C=O) groups is 2. The van der Waals surface area contributed by atoms with E-state index in [0.717, 1.165) is 6.42 Å². The molecule has 9 heteroatoms. The topological polar surface area (TPSA) is 90.5 Å². The number of hydrogen-bond donors (Lipinski definition) is 1. The Balaban J connectivity index is 1.73. The van der Waals surface area contributed by atoms with Crippen LogP contribution < -0.4 is 10.5 Å². The largest absolute Gasteiger partial charge is 0.490 e. The number of amides is 2. The standard InChI is InChI=1S/C20H24Cl2N4O3/c1-2-7-26-12-16(22)19(24-26)20(28)25-8-6-17(13(11-25)9-18(23)27)29-15-5-3-4-14(21)10-15/h3-5,10,12-13,17H,2,6-9,11H2,1H3,(H2,23,27)/t13-,17-/m0/s1. The van der Waals surface area contributed by atoms with Gasteiger partial charge in [-0.3, -0.25) is 14.3 Å². The highest BCUT2D eigenvalue weighted by Crippen LogP contribution is 2.28. The van der Waals surface area contributed by atoms with E-state index in [1.54, 1.807) is 34.0 Å². The van der Waals surface area contributed by atoms with Crippen LogP contribution in [-0.2, 0) is 11.3 Å². The smallest absolute Gasteiger partial charge is 0.275 e. The van der Waals surface area contributed by atoms with Crippen molar-refractivity contribution in [2.75, 3.05) is 13.1 Å². The predicted octanol–water partition coefficient (Wildman–Crippen LogP) is 3.39. The Morgan fingerprint density at radius 2 is 2.14 bits per heavy atom. The SMILES string of the molecule is CCCn1cc(Cl)c(C(=O)N2CC[C@H](Oc3cccc(Cl)c3)[C@@H](CC(N)=O)C2)n1. The van der Waals surface area contributed by atoms with Gasteiger partial charge >= 0.3 is 0 Å². The van der Waals surface area contributed by atoms with E-state index >= 15 is 0 Å². The molecule has 2 aromatic rings. The number of carbonyl (C=O) groups excluding carboxylic acids is 2. The lowest BCUT2D eigenvalue weighted by Crippen LogP contribution is -2.49. The molecule has 2 heterocycles. The maximum Gasteiger partial charge on any atom is 0.275 e. The summed E-state index contributed by atoms with van der Waals surface area (Å²) in [5.41, 5.74) is 5.67. The lowest BCUT2D eigenvalue weighted by Gasteiger charge is -2.38. The second-order valence-electron chi connectivity index (χ2n) is 7.17. The average molecular weight is 439 g/mol. The quantitative estimate of drug-likeness (QED) is 0.716. The second kappa shape index (κ2) is 9.50. The number of benzene rings is 1. The summed E-state index contributed by atoms with van der Waals surface area (Å²) in [7, 11) is 0. The highest BCUT2D eigenvalue weighted by Gasteiger charge is 2.35. The van der Waals surface area contributed by atoms with Gasteiger partial charge in [0, 0.05) is 49.6 Å². The Morgan fingerprint density at radius 1 is 1.34 bits per heavy atom. The predicted molar refractivity (Wildman–Crippen MR) is 111 cm³/mol. The molecule has 2 N–H and O–H groups in total. The van der Waals surface area contributed by atoms with Crippen molar-refractivity contribution in [1.29, 1.82) is 0 Å². The Hall–Kier alpha value is -2.25. The Morgan fingerprint density at radius 3 is 2.83 bits per heavy atom. The third kappa shape index (κ3) is 5.42. The van der Waals surface area contributed by atoms with Crippen molar-refractivity contribution in [3.63, 3.8) is 0 Å². The first kappa shape index (κ1) is 21.5. The highest BCUT2D eigenvalue weighted by atomic mass is 35.5. The van der Waals surface area contributed by atoms with Gasteiger partial charge < -0.3 is 15.4 Å². The molecular formula is C20H24Cl2N4O3. The van der Waals surface area contributed by atoms with E-state index in [4.69, 9.17) is 33.7 Å². The summed E-state index contributed by atoms with van der Waals surface area (Å²) in [5.74, 6) is -0.298. The molecule has 7 nitrogen and oxygen atoms in total. The number of hydrogen-bond acceptors (Lipinski definition) is 4. The summed E-state index contributed by atoms with van der Waals surface area (Å²) in [6, 6.07) is 7.09. The summed E-state index contributed by atoms with van der Waals surface area (Å²) in [5, 5.41) is 5.21. The molecule has 0 unspecified atom stereocenters. The van der Waals surface area contributed by atoms with E-state index in [0.29, 0.717) is 41.8 Å². The fraction of sp³-hybridized carbons (Fsp3) is 0.450. The van der Waals surface area contributed by atoms with Crippen molar-refractivity contribution in [3.05, 3.63) is 46.2 Å². The lowest BCUT2D eigenvalue weighted by atomic mass is 9.91. The lowest BCUT2D eigenvalue weighted by molar-refractivity contribution is -0.120. The first-order chi connectivity index (χ1) is 13.9. The second-order valence-corrected chi connectivity index (χ2v) is 8.02. The van der Waals surface area contributed by atoms with Crippen LogP contribution >= 0.6 is 23.2 Å². The van der Waals surface area contributed by atoms with E-state index in [9.17, 15) is 9.59 Å². The molecule has 1 aromatic carbocycles. The van der Waals surface area contributed by atoms with Gasteiger partial charge in [0.15, 0.2) is 5.69 Å². The number of piperidine rings is 1. The monoisotopic (exact) mass is 438 g/mol. The van der Waals surface area contributed by atoms with E-state index in [-0.39, 0.29) is 30.0 Å². The number of primary amides is 1.